The minimum Gasteiger partial charge on any atom is -0.382 e. The fraction of sp³-hybridized carbons (Fsp3) is 0.650. The van der Waals surface area contributed by atoms with Crippen LogP contribution in [0.25, 0.3) is 0 Å². The molecule has 0 radical (unpaired) electrons. The number of guanidine groups is 1. The van der Waals surface area contributed by atoms with Gasteiger partial charge < -0.3 is 20.1 Å². The smallest absolute Gasteiger partial charge is 0.191 e. The van der Waals surface area contributed by atoms with Crippen LogP contribution in [-0.4, -0.2) is 70.0 Å². The molecule has 0 aromatic heterocycles. The molecule has 27 heavy (non-hydrogen) atoms. The maximum absolute atomic E-state index is 5.52. The molecule has 1 fully saturated rings. The Kier molecular flexibility index (Phi) is 13.5. The Balaban J connectivity index is 0.00000364. The molecule has 1 aromatic rings. The Bertz CT molecular complexity index is 510. The topological polar surface area (TPSA) is 58.1 Å². The molecular weight excluding hydrogens is 455 g/mol. The highest BCUT2D eigenvalue weighted by Crippen LogP contribution is 2.22. The van der Waals surface area contributed by atoms with Gasteiger partial charge in [0, 0.05) is 39.4 Å². The maximum Gasteiger partial charge on any atom is 0.191 e. The van der Waals surface area contributed by atoms with Crippen molar-refractivity contribution in [3.05, 3.63) is 35.9 Å². The van der Waals surface area contributed by atoms with Crippen molar-refractivity contribution in [2.24, 2.45) is 4.99 Å². The van der Waals surface area contributed by atoms with E-state index in [2.05, 4.69) is 52.8 Å². The summed E-state index contributed by atoms with van der Waals surface area (Å²) in [7, 11) is 0. The molecular formula is C20H35IN4O2. The van der Waals surface area contributed by atoms with Crippen LogP contribution in [0, 0.1) is 0 Å². The first kappa shape index (κ1) is 24.1. The van der Waals surface area contributed by atoms with Crippen molar-refractivity contribution in [1.82, 2.24) is 15.5 Å². The maximum atomic E-state index is 5.52. The van der Waals surface area contributed by atoms with E-state index in [4.69, 9.17) is 14.5 Å². The van der Waals surface area contributed by atoms with Gasteiger partial charge in [-0.05, 0) is 25.8 Å². The van der Waals surface area contributed by atoms with Crippen molar-refractivity contribution in [3.63, 3.8) is 0 Å². The summed E-state index contributed by atoms with van der Waals surface area (Å²) in [4.78, 5) is 7.33. The number of hydrogen-bond donors (Lipinski definition) is 2. The molecule has 0 bridgehead atoms. The molecule has 1 atom stereocenters. The van der Waals surface area contributed by atoms with E-state index < -0.39 is 0 Å². The summed E-state index contributed by atoms with van der Waals surface area (Å²) in [5, 5.41) is 6.74. The van der Waals surface area contributed by atoms with E-state index >= 15 is 0 Å². The first-order valence-corrected chi connectivity index (χ1v) is 9.81. The molecule has 1 saturated heterocycles. The van der Waals surface area contributed by atoms with Crippen molar-refractivity contribution >= 4 is 29.9 Å². The van der Waals surface area contributed by atoms with Crippen molar-refractivity contribution in [2.75, 3.05) is 59.2 Å². The standard InChI is InChI=1S/C20H34N4O2.HI/c1-3-21-20(22-11-8-14-25-4-2)23-17-19(18-9-6-5-7-10-18)24-12-15-26-16-13-24;/h5-7,9-10,19H,3-4,8,11-17H2,1-2H3,(H2,21,22,23);1H. The van der Waals surface area contributed by atoms with E-state index in [0.717, 1.165) is 71.5 Å². The van der Waals surface area contributed by atoms with E-state index in [0.29, 0.717) is 0 Å². The summed E-state index contributed by atoms with van der Waals surface area (Å²) in [6.45, 7) is 11.6. The zero-order valence-corrected chi connectivity index (χ0v) is 19.0. The number of aliphatic imine (C=N–C) groups is 1. The van der Waals surface area contributed by atoms with Crippen molar-refractivity contribution in [2.45, 2.75) is 26.3 Å². The molecule has 1 heterocycles. The molecule has 1 aliphatic heterocycles. The molecule has 1 aliphatic rings. The van der Waals surface area contributed by atoms with Gasteiger partial charge in [-0.15, -0.1) is 24.0 Å². The Morgan fingerprint density at radius 3 is 2.59 bits per heavy atom. The van der Waals surface area contributed by atoms with Gasteiger partial charge in [0.2, 0.25) is 0 Å². The van der Waals surface area contributed by atoms with Gasteiger partial charge in [0.1, 0.15) is 0 Å². The van der Waals surface area contributed by atoms with Crippen LogP contribution in [0.2, 0.25) is 0 Å². The normalized spacial score (nSPS) is 16.4. The number of halogens is 1. The second kappa shape index (κ2) is 15.1. The van der Waals surface area contributed by atoms with Crippen molar-refractivity contribution in [3.8, 4) is 0 Å². The Labute approximate surface area is 181 Å². The lowest BCUT2D eigenvalue weighted by Gasteiger charge is -2.34. The molecule has 2 rings (SSSR count). The average molecular weight is 490 g/mol. The number of rotatable bonds is 10. The van der Waals surface area contributed by atoms with Crippen molar-refractivity contribution < 1.29 is 9.47 Å². The summed E-state index contributed by atoms with van der Waals surface area (Å²) in [5.74, 6) is 0.873. The molecule has 0 aliphatic carbocycles. The van der Waals surface area contributed by atoms with Gasteiger partial charge in [-0.25, -0.2) is 0 Å². The molecule has 2 N–H and O–H groups in total. The van der Waals surface area contributed by atoms with Crippen LogP contribution in [0.5, 0.6) is 0 Å². The highest BCUT2D eigenvalue weighted by Gasteiger charge is 2.22. The van der Waals surface area contributed by atoms with Gasteiger partial charge in [-0.1, -0.05) is 30.3 Å². The van der Waals surface area contributed by atoms with E-state index in [1.54, 1.807) is 0 Å². The lowest BCUT2D eigenvalue weighted by molar-refractivity contribution is 0.0179. The highest BCUT2D eigenvalue weighted by molar-refractivity contribution is 14.0. The number of ether oxygens (including phenoxy) is 2. The third kappa shape index (κ3) is 9.23. The van der Waals surface area contributed by atoms with E-state index in [1.807, 2.05) is 6.92 Å². The lowest BCUT2D eigenvalue weighted by atomic mass is 10.1. The largest absolute Gasteiger partial charge is 0.382 e. The number of benzene rings is 1. The van der Waals surface area contributed by atoms with Gasteiger partial charge in [0.25, 0.3) is 0 Å². The predicted molar refractivity (Wildman–Crippen MR) is 122 cm³/mol. The first-order chi connectivity index (χ1) is 12.8. The molecule has 1 unspecified atom stereocenters. The summed E-state index contributed by atoms with van der Waals surface area (Å²) in [6, 6.07) is 10.9. The van der Waals surface area contributed by atoms with Gasteiger partial charge in [-0.3, -0.25) is 9.89 Å². The van der Waals surface area contributed by atoms with E-state index in [1.165, 1.54) is 5.56 Å². The third-order valence-corrected chi connectivity index (χ3v) is 4.40. The summed E-state index contributed by atoms with van der Waals surface area (Å²) < 4.78 is 10.9. The van der Waals surface area contributed by atoms with Crippen LogP contribution in [0.3, 0.4) is 0 Å². The molecule has 6 nitrogen and oxygen atoms in total. The van der Waals surface area contributed by atoms with Crippen LogP contribution in [-0.2, 0) is 9.47 Å². The third-order valence-electron chi connectivity index (χ3n) is 4.40. The zero-order chi connectivity index (χ0) is 18.5. The van der Waals surface area contributed by atoms with Gasteiger partial charge in [-0.2, -0.15) is 0 Å². The molecule has 154 valence electrons. The molecule has 0 spiro atoms. The van der Waals surface area contributed by atoms with Gasteiger partial charge in [0.15, 0.2) is 5.96 Å². The Morgan fingerprint density at radius 1 is 1.19 bits per heavy atom. The summed E-state index contributed by atoms with van der Waals surface area (Å²) >= 11 is 0. The van der Waals surface area contributed by atoms with E-state index in [-0.39, 0.29) is 30.0 Å². The highest BCUT2D eigenvalue weighted by atomic mass is 127. The van der Waals surface area contributed by atoms with Crippen molar-refractivity contribution in [1.29, 1.82) is 0 Å². The first-order valence-electron chi connectivity index (χ1n) is 9.81. The number of morpholine rings is 1. The van der Waals surface area contributed by atoms with Crippen LogP contribution in [0.1, 0.15) is 31.9 Å². The SMILES string of the molecule is CCNC(=NCC(c1ccccc1)N1CCOCC1)NCCCOCC.I. The number of nitrogens with one attached hydrogen (secondary N) is 2. The molecule has 0 saturated carbocycles. The lowest BCUT2D eigenvalue weighted by Crippen LogP contribution is -2.42. The number of hydrogen-bond acceptors (Lipinski definition) is 4. The van der Waals surface area contributed by atoms with Crippen LogP contribution in [0.4, 0.5) is 0 Å². The molecule has 1 aromatic carbocycles. The molecule has 7 heteroatoms. The van der Waals surface area contributed by atoms with E-state index in [9.17, 15) is 0 Å². The fourth-order valence-corrected chi connectivity index (χ4v) is 3.04. The zero-order valence-electron chi connectivity index (χ0n) is 16.7. The van der Waals surface area contributed by atoms with Crippen LogP contribution < -0.4 is 10.6 Å². The second-order valence-electron chi connectivity index (χ2n) is 6.27. The van der Waals surface area contributed by atoms with Crippen LogP contribution >= 0.6 is 24.0 Å². The monoisotopic (exact) mass is 490 g/mol. The average Bonchev–Trinajstić information content (AvgIpc) is 2.69. The Morgan fingerprint density at radius 2 is 1.93 bits per heavy atom. The Hall–Kier alpha value is -0.900. The minimum atomic E-state index is 0. The van der Waals surface area contributed by atoms with Gasteiger partial charge in [0.05, 0.1) is 25.8 Å². The molecule has 0 amide bonds. The van der Waals surface area contributed by atoms with Gasteiger partial charge >= 0.3 is 0 Å². The summed E-state index contributed by atoms with van der Waals surface area (Å²) in [6.07, 6.45) is 0.976. The predicted octanol–water partition coefficient (Wildman–Crippen LogP) is 2.66. The fourth-order valence-electron chi connectivity index (χ4n) is 3.04. The van der Waals surface area contributed by atoms with Crippen LogP contribution in [0.15, 0.2) is 35.3 Å². The quantitative estimate of drug-likeness (QED) is 0.229. The minimum absolute atomic E-state index is 0. The second-order valence-corrected chi connectivity index (χ2v) is 6.27. The summed E-state index contributed by atoms with van der Waals surface area (Å²) in [5.41, 5.74) is 1.31. The number of nitrogens with zero attached hydrogens (tertiary/aromatic N) is 2.